The van der Waals surface area contributed by atoms with Crippen LogP contribution in [0, 0.1) is 17.6 Å². The van der Waals surface area contributed by atoms with Gasteiger partial charge in [0.15, 0.2) is 5.78 Å². The summed E-state index contributed by atoms with van der Waals surface area (Å²) in [5.74, 6) is -1.52. The van der Waals surface area contributed by atoms with Crippen LogP contribution in [0.2, 0.25) is 0 Å². The molecule has 0 spiro atoms. The Balaban J connectivity index is 1.62. The summed E-state index contributed by atoms with van der Waals surface area (Å²) in [5, 5.41) is 0. The van der Waals surface area contributed by atoms with Gasteiger partial charge in [0.05, 0.1) is 5.56 Å². The van der Waals surface area contributed by atoms with Crippen molar-refractivity contribution < 1.29 is 22.0 Å². The van der Waals surface area contributed by atoms with Gasteiger partial charge in [0.1, 0.15) is 22.3 Å². The van der Waals surface area contributed by atoms with Crippen molar-refractivity contribution in [3.63, 3.8) is 0 Å². The first-order valence-electron chi connectivity index (χ1n) is 10.4. The summed E-state index contributed by atoms with van der Waals surface area (Å²) in [7, 11) is -3.63. The first-order valence-corrected chi connectivity index (χ1v) is 11.9. The van der Waals surface area contributed by atoms with Crippen molar-refractivity contribution in [1.29, 1.82) is 0 Å². The van der Waals surface area contributed by atoms with Crippen molar-refractivity contribution in [3.05, 3.63) is 53.7 Å². The van der Waals surface area contributed by atoms with Crippen LogP contribution in [0.15, 0.2) is 41.4 Å². The van der Waals surface area contributed by atoms with Crippen LogP contribution in [0.1, 0.15) is 49.9 Å². The summed E-state index contributed by atoms with van der Waals surface area (Å²) in [6, 6.07) is 5.91. The van der Waals surface area contributed by atoms with Crippen LogP contribution >= 0.6 is 0 Å². The van der Waals surface area contributed by atoms with Crippen LogP contribution in [0.3, 0.4) is 0 Å². The molecule has 1 N–H and O–H groups in total. The van der Waals surface area contributed by atoms with Crippen molar-refractivity contribution in [3.8, 4) is 0 Å². The van der Waals surface area contributed by atoms with Gasteiger partial charge in [-0.1, -0.05) is 13.3 Å². The van der Waals surface area contributed by atoms with E-state index in [1.54, 1.807) is 6.07 Å². The molecule has 0 saturated carbocycles. The molecule has 9 heteroatoms. The molecule has 1 saturated heterocycles. The van der Waals surface area contributed by atoms with E-state index >= 15 is 0 Å². The Kier molecular flexibility index (Phi) is 7.38. The molecule has 0 radical (unpaired) electrons. The molecule has 0 bridgehead atoms. The summed E-state index contributed by atoms with van der Waals surface area (Å²) < 4.78 is 54.8. The molecule has 2 aromatic rings. The van der Waals surface area contributed by atoms with Crippen LogP contribution in [-0.2, 0) is 10.0 Å². The van der Waals surface area contributed by atoms with Crippen LogP contribution in [0.4, 0.5) is 14.6 Å². The number of ketones is 1. The summed E-state index contributed by atoms with van der Waals surface area (Å²) in [5.41, 5.74) is -0.212. The lowest BCUT2D eigenvalue weighted by molar-refractivity contribution is 0.0895. The number of sulfonamides is 1. The van der Waals surface area contributed by atoms with Gasteiger partial charge in [-0.3, -0.25) is 4.79 Å². The van der Waals surface area contributed by atoms with Gasteiger partial charge in [0.2, 0.25) is 10.0 Å². The largest absolute Gasteiger partial charge is 0.357 e. The van der Waals surface area contributed by atoms with E-state index in [0.29, 0.717) is 31.7 Å². The Morgan fingerprint density at radius 2 is 1.94 bits per heavy atom. The quantitative estimate of drug-likeness (QED) is 0.616. The molecule has 1 aliphatic heterocycles. The monoisotopic (exact) mass is 451 g/mol. The number of anilines is 1. The number of hydrogen-bond acceptors (Lipinski definition) is 5. The first kappa shape index (κ1) is 23.3. The van der Waals surface area contributed by atoms with Crippen molar-refractivity contribution in [2.24, 2.45) is 5.92 Å². The molecule has 1 atom stereocenters. The van der Waals surface area contributed by atoms with Crippen LogP contribution in [0.5, 0.6) is 0 Å². The number of aromatic nitrogens is 1. The SMILES string of the molecule is CCCC(C)NS(=O)(=O)c1ccc(N2CCC(C(=O)c3cc(F)ccc3F)CC2)nc1. The lowest BCUT2D eigenvalue weighted by Crippen LogP contribution is -2.37. The third-order valence-corrected chi connectivity index (χ3v) is 7.07. The maximum Gasteiger partial charge on any atom is 0.242 e. The predicted molar refractivity (Wildman–Crippen MR) is 115 cm³/mol. The fourth-order valence-corrected chi connectivity index (χ4v) is 5.04. The van der Waals surface area contributed by atoms with Crippen molar-refractivity contribution in [2.45, 2.75) is 50.5 Å². The molecule has 1 aromatic heterocycles. The number of nitrogens with zero attached hydrogens (tertiary/aromatic N) is 2. The number of pyridine rings is 1. The molecule has 1 fully saturated rings. The van der Waals surface area contributed by atoms with E-state index in [4.69, 9.17) is 0 Å². The zero-order valence-electron chi connectivity index (χ0n) is 17.6. The van der Waals surface area contributed by atoms with Crippen LogP contribution in [-0.4, -0.2) is 38.3 Å². The van der Waals surface area contributed by atoms with Gasteiger partial charge in [0.25, 0.3) is 0 Å². The van der Waals surface area contributed by atoms with Gasteiger partial charge in [-0.2, -0.15) is 0 Å². The molecule has 1 unspecified atom stereocenters. The average Bonchev–Trinajstić information content (AvgIpc) is 2.75. The number of piperidine rings is 1. The number of rotatable bonds is 8. The molecule has 1 aromatic carbocycles. The summed E-state index contributed by atoms with van der Waals surface area (Å²) in [6.45, 7) is 4.84. The summed E-state index contributed by atoms with van der Waals surface area (Å²) in [4.78, 5) is 18.9. The Bertz CT molecular complexity index is 1020. The normalized spacial score (nSPS) is 16.3. The minimum Gasteiger partial charge on any atom is -0.357 e. The van der Waals surface area contributed by atoms with Crippen molar-refractivity contribution in [1.82, 2.24) is 9.71 Å². The van der Waals surface area contributed by atoms with Crippen molar-refractivity contribution >= 4 is 21.6 Å². The average molecular weight is 452 g/mol. The van der Waals surface area contributed by atoms with E-state index < -0.39 is 33.4 Å². The van der Waals surface area contributed by atoms with Gasteiger partial charge in [-0.15, -0.1) is 0 Å². The highest BCUT2D eigenvalue weighted by atomic mass is 32.2. The maximum atomic E-state index is 13.9. The van der Waals surface area contributed by atoms with Gasteiger partial charge >= 0.3 is 0 Å². The highest BCUT2D eigenvalue weighted by Gasteiger charge is 2.28. The second-order valence-corrected chi connectivity index (χ2v) is 9.63. The molecule has 168 valence electrons. The third-order valence-electron chi connectivity index (χ3n) is 5.49. The van der Waals surface area contributed by atoms with E-state index in [9.17, 15) is 22.0 Å². The molecule has 0 aliphatic carbocycles. The standard InChI is InChI=1S/C22H27F2N3O3S/c1-3-4-15(2)26-31(29,30)18-6-8-21(25-14-18)27-11-9-16(10-12-27)22(28)19-13-17(23)5-7-20(19)24/h5-8,13-16,26H,3-4,9-12H2,1-2H3. The number of nitrogens with one attached hydrogen (secondary N) is 1. The highest BCUT2D eigenvalue weighted by molar-refractivity contribution is 7.89. The number of Topliss-reactive ketones (excluding diaryl/α,β-unsaturated/α-hetero) is 1. The van der Waals surface area contributed by atoms with E-state index in [1.807, 2.05) is 18.7 Å². The number of halogens is 2. The second-order valence-electron chi connectivity index (χ2n) is 7.91. The van der Waals surface area contributed by atoms with Crippen LogP contribution in [0.25, 0.3) is 0 Å². The van der Waals surface area contributed by atoms with Gasteiger partial charge < -0.3 is 4.90 Å². The predicted octanol–water partition coefficient (Wildman–Crippen LogP) is 3.93. The van der Waals surface area contributed by atoms with Gasteiger partial charge in [0, 0.05) is 31.2 Å². The summed E-state index contributed by atoms with van der Waals surface area (Å²) >= 11 is 0. The maximum absolute atomic E-state index is 13.9. The second kappa shape index (κ2) is 9.82. The first-order chi connectivity index (χ1) is 14.7. The fraction of sp³-hybridized carbons (Fsp3) is 0.455. The van der Waals surface area contributed by atoms with Gasteiger partial charge in [-0.25, -0.2) is 26.9 Å². The lowest BCUT2D eigenvalue weighted by atomic mass is 9.88. The minimum absolute atomic E-state index is 0.103. The zero-order valence-corrected chi connectivity index (χ0v) is 18.5. The molecule has 31 heavy (non-hydrogen) atoms. The number of carbonyl (C=O) groups excluding carboxylic acids is 1. The Hall–Kier alpha value is -2.39. The van der Waals surface area contributed by atoms with Gasteiger partial charge in [-0.05, 0) is 56.5 Å². The van der Waals surface area contributed by atoms with E-state index in [-0.39, 0.29) is 16.5 Å². The highest BCUT2D eigenvalue weighted by Crippen LogP contribution is 2.26. The van der Waals surface area contributed by atoms with E-state index in [2.05, 4.69) is 9.71 Å². The lowest BCUT2D eigenvalue weighted by Gasteiger charge is -2.32. The molecule has 6 nitrogen and oxygen atoms in total. The Morgan fingerprint density at radius 1 is 1.23 bits per heavy atom. The summed E-state index contributed by atoms with van der Waals surface area (Å²) in [6.07, 6.45) is 3.91. The fourth-order valence-electron chi connectivity index (χ4n) is 3.82. The third kappa shape index (κ3) is 5.65. The van der Waals surface area contributed by atoms with Crippen molar-refractivity contribution in [2.75, 3.05) is 18.0 Å². The number of hydrogen-bond donors (Lipinski definition) is 1. The number of carbonyl (C=O) groups is 1. The zero-order chi connectivity index (χ0) is 22.6. The van der Waals surface area contributed by atoms with Crippen LogP contribution < -0.4 is 9.62 Å². The Labute approximate surface area is 181 Å². The molecule has 1 aliphatic rings. The van der Waals surface area contributed by atoms with E-state index in [0.717, 1.165) is 31.0 Å². The topological polar surface area (TPSA) is 79.4 Å². The molecule has 3 rings (SSSR count). The molecular formula is C22H27F2N3O3S. The minimum atomic E-state index is -3.63. The van der Waals surface area contributed by atoms with E-state index in [1.165, 1.54) is 12.3 Å². The number of benzene rings is 1. The molecule has 0 amide bonds. The molecule has 2 heterocycles. The molecular weight excluding hydrogens is 424 g/mol. The smallest absolute Gasteiger partial charge is 0.242 e. The Morgan fingerprint density at radius 3 is 2.55 bits per heavy atom.